The van der Waals surface area contributed by atoms with Gasteiger partial charge in [-0.15, -0.1) is 0 Å². The molecule has 0 aliphatic carbocycles. The van der Waals surface area contributed by atoms with Crippen LogP contribution in [0.4, 0.5) is 0 Å². The number of aryl methyl sites for hydroxylation is 1. The fraction of sp³-hybridized carbons (Fsp3) is 0.375. The molecule has 1 aromatic heterocycles. The molecule has 0 aliphatic heterocycles. The smallest absolute Gasteiger partial charge is 0.330 e. The second-order valence-corrected chi connectivity index (χ2v) is 9.80. The number of sulfonamides is 1. The Hall–Kier alpha value is -3.28. The van der Waals surface area contributed by atoms with Crippen LogP contribution < -0.4 is 21.3 Å². The van der Waals surface area contributed by atoms with E-state index in [0.717, 1.165) is 10.1 Å². The van der Waals surface area contributed by atoms with Crippen molar-refractivity contribution in [2.24, 2.45) is 14.1 Å². The van der Waals surface area contributed by atoms with Crippen molar-refractivity contribution in [1.29, 1.82) is 0 Å². The van der Waals surface area contributed by atoms with Gasteiger partial charge in [0.1, 0.15) is 6.04 Å². The van der Waals surface area contributed by atoms with Crippen molar-refractivity contribution in [3.05, 3.63) is 74.9 Å². The summed E-state index contributed by atoms with van der Waals surface area (Å²) >= 11 is 0. The van der Waals surface area contributed by atoms with E-state index in [0.29, 0.717) is 31.7 Å². The van der Waals surface area contributed by atoms with Crippen molar-refractivity contribution in [3.63, 3.8) is 0 Å². The minimum Gasteiger partial charge on any atom is -0.382 e. The molecule has 0 radical (unpaired) electrons. The molecular weight excluding hydrogens is 472 g/mol. The monoisotopic (exact) mass is 502 g/mol. The van der Waals surface area contributed by atoms with Crippen molar-refractivity contribution in [2.45, 2.75) is 30.7 Å². The summed E-state index contributed by atoms with van der Waals surface area (Å²) in [4.78, 5) is 37.5. The van der Waals surface area contributed by atoms with E-state index in [1.807, 2.05) is 37.3 Å². The molecule has 188 valence electrons. The fourth-order valence-corrected chi connectivity index (χ4v) is 4.91. The van der Waals surface area contributed by atoms with Gasteiger partial charge in [-0.1, -0.05) is 30.3 Å². The first-order chi connectivity index (χ1) is 16.7. The average molecular weight is 503 g/mol. The summed E-state index contributed by atoms with van der Waals surface area (Å²) in [5.41, 5.74) is -0.0230. The van der Waals surface area contributed by atoms with E-state index in [1.165, 1.54) is 36.9 Å². The topological polar surface area (TPSA) is 128 Å². The van der Waals surface area contributed by atoms with Gasteiger partial charge < -0.3 is 10.1 Å². The number of benzene rings is 2. The maximum absolute atomic E-state index is 13.3. The van der Waals surface area contributed by atoms with Gasteiger partial charge in [0.15, 0.2) is 0 Å². The predicted molar refractivity (Wildman–Crippen MR) is 133 cm³/mol. The normalized spacial score (nSPS) is 12.5. The molecule has 3 rings (SSSR count). The third-order valence-electron chi connectivity index (χ3n) is 5.61. The molecule has 0 bridgehead atoms. The zero-order valence-corrected chi connectivity index (χ0v) is 20.8. The number of fused-ring (bicyclic) bond motifs is 1. The highest BCUT2D eigenvalue weighted by Gasteiger charge is 2.26. The van der Waals surface area contributed by atoms with E-state index in [9.17, 15) is 22.8 Å². The van der Waals surface area contributed by atoms with Gasteiger partial charge in [-0.05, 0) is 43.5 Å². The van der Waals surface area contributed by atoms with Crippen LogP contribution in [0.15, 0.2) is 63.0 Å². The van der Waals surface area contributed by atoms with Gasteiger partial charge in [0.25, 0.3) is 5.56 Å². The number of hydrogen-bond acceptors (Lipinski definition) is 6. The average Bonchev–Trinajstić information content (AvgIpc) is 2.85. The van der Waals surface area contributed by atoms with E-state index < -0.39 is 33.2 Å². The molecular formula is C24H30N4O6S. The van der Waals surface area contributed by atoms with Gasteiger partial charge in [-0.2, -0.15) is 4.72 Å². The Morgan fingerprint density at radius 1 is 1.06 bits per heavy atom. The van der Waals surface area contributed by atoms with Gasteiger partial charge >= 0.3 is 5.69 Å². The zero-order valence-electron chi connectivity index (χ0n) is 20.0. The Bertz CT molecular complexity index is 1410. The standard InChI is InChI=1S/C24H30N4O6S/c1-4-34-14-8-13-25-22(29)20(15-17-9-6-5-7-10-17)26-35(32,33)18-11-12-21-19(16-18)23(30)28(3)24(31)27(21)2/h5-7,9-12,16,20,26H,4,8,13-15H2,1-3H3,(H,25,29)/t20-/m0/s1. The third-order valence-corrected chi connectivity index (χ3v) is 7.08. The largest absolute Gasteiger partial charge is 0.382 e. The molecule has 11 heteroatoms. The van der Waals surface area contributed by atoms with Crippen LogP contribution in [-0.4, -0.2) is 49.3 Å². The molecule has 1 atom stereocenters. The van der Waals surface area contributed by atoms with Crippen LogP contribution in [0.5, 0.6) is 0 Å². The number of carbonyl (C=O) groups is 1. The predicted octanol–water partition coefficient (Wildman–Crippen LogP) is 0.670. The maximum atomic E-state index is 13.3. The van der Waals surface area contributed by atoms with Crippen LogP contribution in [0, 0.1) is 0 Å². The summed E-state index contributed by atoms with van der Waals surface area (Å²) in [7, 11) is -1.35. The van der Waals surface area contributed by atoms with Crippen molar-refractivity contribution >= 4 is 26.8 Å². The quantitative estimate of drug-likeness (QED) is 0.371. The van der Waals surface area contributed by atoms with E-state index in [2.05, 4.69) is 10.0 Å². The number of nitrogens with zero attached hydrogens (tertiary/aromatic N) is 2. The first kappa shape index (κ1) is 26.3. The summed E-state index contributed by atoms with van der Waals surface area (Å²) in [6.45, 7) is 3.28. The molecule has 0 fully saturated rings. The molecule has 1 heterocycles. The minimum absolute atomic E-state index is 0.0810. The first-order valence-corrected chi connectivity index (χ1v) is 12.8. The maximum Gasteiger partial charge on any atom is 0.330 e. The van der Waals surface area contributed by atoms with E-state index in [-0.39, 0.29) is 16.7 Å². The molecule has 1 amide bonds. The molecule has 2 N–H and O–H groups in total. The van der Waals surface area contributed by atoms with E-state index in [1.54, 1.807) is 0 Å². The van der Waals surface area contributed by atoms with E-state index >= 15 is 0 Å². The Labute approximate surface area is 203 Å². The van der Waals surface area contributed by atoms with E-state index in [4.69, 9.17) is 4.74 Å². The Balaban J connectivity index is 1.90. The van der Waals surface area contributed by atoms with Crippen molar-refractivity contribution < 1.29 is 17.9 Å². The second kappa shape index (κ2) is 11.4. The highest BCUT2D eigenvalue weighted by atomic mass is 32.2. The molecule has 0 saturated carbocycles. The molecule has 35 heavy (non-hydrogen) atoms. The second-order valence-electron chi connectivity index (χ2n) is 8.09. The number of carbonyl (C=O) groups excluding carboxylic acids is 1. The van der Waals surface area contributed by atoms with Crippen LogP contribution in [0.25, 0.3) is 10.9 Å². The van der Waals surface area contributed by atoms with Gasteiger partial charge in [-0.25, -0.2) is 13.2 Å². The summed E-state index contributed by atoms with van der Waals surface area (Å²) in [6.07, 6.45) is 0.734. The summed E-state index contributed by atoms with van der Waals surface area (Å²) in [6, 6.07) is 11.9. The lowest BCUT2D eigenvalue weighted by atomic mass is 10.1. The van der Waals surface area contributed by atoms with Crippen LogP contribution in [-0.2, 0) is 40.1 Å². The molecule has 0 unspecified atom stereocenters. The zero-order chi connectivity index (χ0) is 25.6. The Morgan fingerprint density at radius 3 is 2.46 bits per heavy atom. The number of amides is 1. The van der Waals surface area contributed by atoms with Crippen LogP contribution in [0.1, 0.15) is 18.9 Å². The number of rotatable bonds is 11. The van der Waals surface area contributed by atoms with Crippen LogP contribution in [0.2, 0.25) is 0 Å². The molecule has 10 nitrogen and oxygen atoms in total. The minimum atomic E-state index is -4.18. The number of nitrogens with one attached hydrogen (secondary N) is 2. The van der Waals surface area contributed by atoms with Crippen molar-refractivity contribution in [1.82, 2.24) is 19.2 Å². The molecule has 0 spiro atoms. The van der Waals surface area contributed by atoms with Crippen LogP contribution >= 0.6 is 0 Å². The summed E-state index contributed by atoms with van der Waals surface area (Å²) in [5.74, 6) is -0.465. The molecule has 3 aromatic rings. The number of ether oxygens (including phenoxy) is 1. The van der Waals surface area contributed by atoms with Crippen molar-refractivity contribution in [3.8, 4) is 0 Å². The molecule has 2 aromatic carbocycles. The van der Waals surface area contributed by atoms with Gasteiger partial charge in [0.2, 0.25) is 15.9 Å². The van der Waals surface area contributed by atoms with Crippen molar-refractivity contribution in [2.75, 3.05) is 19.8 Å². The highest BCUT2D eigenvalue weighted by molar-refractivity contribution is 7.89. The first-order valence-electron chi connectivity index (χ1n) is 11.3. The lowest BCUT2D eigenvalue weighted by Gasteiger charge is -2.19. The lowest BCUT2D eigenvalue weighted by Crippen LogP contribution is -2.48. The van der Waals surface area contributed by atoms with Crippen LogP contribution in [0.3, 0.4) is 0 Å². The number of hydrogen-bond donors (Lipinski definition) is 2. The Morgan fingerprint density at radius 2 is 1.77 bits per heavy atom. The SMILES string of the molecule is CCOCCCNC(=O)[C@H](Cc1ccccc1)NS(=O)(=O)c1ccc2c(c1)c(=O)n(C)c(=O)n2C. The third kappa shape index (κ3) is 6.24. The van der Waals surface area contributed by atoms with Gasteiger partial charge in [0.05, 0.1) is 15.8 Å². The Kier molecular flexibility index (Phi) is 8.60. The number of aromatic nitrogens is 2. The molecule has 0 saturated heterocycles. The summed E-state index contributed by atoms with van der Waals surface area (Å²) < 4.78 is 36.5. The fourth-order valence-electron chi connectivity index (χ4n) is 3.69. The molecule has 0 aliphatic rings. The van der Waals surface area contributed by atoms with Gasteiger partial charge in [0, 0.05) is 33.9 Å². The highest BCUT2D eigenvalue weighted by Crippen LogP contribution is 2.16. The lowest BCUT2D eigenvalue weighted by molar-refractivity contribution is -0.122. The van der Waals surface area contributed by atoms with Gasteiger partial charge in [-0.3, -0.25) is 18.7 Å². The summed E-state index contributed by atoms with van der Waals surface area (Å²) in [5, 5.41) is 2.84.